The number of halogens is 1. The first-order chi connectivity index (χ1) is 12.1. The molecule has 2 amide bonds. The van der Waals surface area contributed by atoms with Crippen LogP contribution in [0.15, 0.2) is 46.9 Å². The molecule has 0 aromatic heterocycles. The Morgan fingerprint density at radius 2 is 1.64 bits per heavy atom. The molecule has 6 heteroatoms. The number of carbonyl (C=O) groups is 1. The van der Waals surface area contributed by atoms with Gasteiger partial charge in [-0.15, -0.1) is 0 Å². The van der Waals surface area contributed by atoms with Gasteiger partial charge < -0.3 is 20.1 Å². The van der Waals surface area contributed by atoms with Gasteiger partial charge in [-0.2, -0.15) is 0 Å². The molecule has 0 aliphatic carbocycles. The molecule has 0 fully saturated rings. The minimum absolute atomic E-state index is 0.172. The molecule has 5 nitrogen and oxygen atoms in total. The van der Waals surface area contributed by atoms with Crippen molar-refractivity contribution >= 4 is 22.0 Å². The van der Waals surface area contributed by atoms with Crippen molar-refractivity contribution in [2.75, 3.05) is 27.3 Å². The van der Waals surface area contributed by atoms with Crippen LogP contribution < -0.4 is 20.1 Å². The molecule has 134 valence electrons. The molecule has 25 heavy (non-hydrogen) atoms. The number of rotatable bonds is 8. The number of methoxy groups -OCH3 is 2. The Hall–Kier alpha value is -2.21. The van der Waals surface area contributed by atoms with E-state index in [1.165, 1.54) is 5.56 Å². The maximum absolute atomic E-state index is 11.9. The average Bonchev–Trinajstić information content (AvgIpc) is 2.63. The highest BCUT2D eigenvalue weighted by Crippen LogP contribution is 2.24. The molecule has 2 aromatic carbocycles. The first kappa shape index (κ1) is 19.1. The molecule has 2 rings (SSSR count). The van der Waals surface area contributed by atoms with Gasteiger partial charge in [-0.1, -0.05) is 34.1 Å². The molecule has 0 saturated heterocycles. The molecule has 0 aliphatic rings. The summed E-state index contributed by atoms with van der Waals surface area (Å²) in [6, 6.07) is 13.5. The van der Waals surface area contributed by atoms with Gasteiger partial charge in [0.25, 0.3) is 0 Å². The third kappa shape index (κ3) is 5.98. The van der Waals surface area contributed by atoms with Crippen LogP contribution in [0.25, 0.3) is 0 Å². The number of ether oxygens (including phenoxy) is 2. The fourth-order valence-electron chi connectivity index (χ4n) is 2.46. The summed E-state index contributed by atoms with van der Waals surface area (Å²) in [7, 11) is 3.26. The predicted octanol–water partition coefficient (Wildman–Crippen LogP) is 3.55. The van der Waals surface area contributed by atoms with Gasteiger partial charge in [0.2, 0.25) is 0 Å². The zero-order valence-corrected chi connectivity index (χ0v) is 16.1. The third-order valence-electron chi connectivity index (χ3n) is 3.81. The van der Waals surface area contributed by atoms with Crippen LogP contribution in [0.3, 0.4) is 0 Å². The summed E-state index contributed by atoms with van der Waals surface area (Å²) in [4.78, 5) is 11.9. The molecule has 0 spiro atoms. The normalized spacial score (nSPS) is 10.2. The molecule has 0 saturated carbocycles. The third-order valence-corrected chi connectivity index (χ3v) is 4.58. The number of benzene rings is 2. The number of carbonyl (C=O) groups excluding carboxylic acids is 1. The second-order valence-corrected chi connectivity index (χ2v) is 6.31. The van der Waals surface area contributed by atoms with Crippen LogP contribution in [-0.2, 0) is 12.8 Å². The van der Waals surface area contributed by atoms with Crippen LogP contribution in [0.2, 0.25) is 0 Å². The Labute approximate surface area is 156 Å². The molecule has 0 aliphatic heterocycles. The summed E-state index contributed by atoms with van der Waals surface area (Å²) in [5.74, 6) is 1.56. The van der Waals surface area contributed by atoms with Gasteiger partial charge in [0.15, 0.2) is 0 Å². The monoisotopic (exact) mass is 406 g/mol. The maximum Gasteiger partial charge on any atom is 0.314 e. The minimum Gasteiger partial charge on any atom is -0.497 e. The van der Waals surface area contributed by atoms with Crippen molar-refractivity contribution in [3.8, 4) is 11.5 Å². The highest BCUT2D eigenvalue weighted by atomic mass is 79.9. The summed E-state index contributed by atoms with van der Waals surface area (Å²) >= 11 is 3.51. The van der Waals surface area contributed by atoms with Gasteiger partial charge >= 0.3 is 6.03 Å². The molecule has 0 radical (unpaired) electrons. The largest absolute Gasteiger partial charge is 0.497 e. The van der Waals surface area contributed by atoms with E-state index < -0.39 is 0 Å². The summed E-state index contributed by atoms with van der Waals surface area (Å²) in [5.41, 5.74) is 2.17. The molecule has 2 N–H and O–H groups in total. The van der Waals surface area contributed by atoms with E-state index in [1.54, 1.807) is 14.2 Å². The van der Waals surface area contributed by atoms with Gasteiger partial charge in [-0.3, -0.25) is 0 Å². The molecule has 0 atom stereocenters. The Morgan fingerprint density at radius 1 is 0.960 bits per heavy atom. The lowest BCUT2D eigenvalue weighted by molar-refractivity contribution is 0.241. The van der Waals surface area contributed by atoms with E-state index in [1.807, 2.05) is 42.5 Å². The maximum atomic E-state index is 11.9. The van der Waals surface area contributed by atoms with Crippen molar-refractivity contribution in [3.63, 3.8) is 0 Å². The van der Waals surface area contributed by atoms with Crippen molar-refractivity contribution in [2.45, 2.75) is 12.8 Å². The molecule has 2 aromatic rings. The number of nitrogens with one attached hydrogen (secondary N) is 2. The van der Waals surface area contributed by atoms with Crippen molar-refractivity contribution < 1.29 is 14.3 Å². The first-order valence-corrected chi connectivity index (χ1v) is 8.89. The lowest BCUT2D eigenvalue weighted by atomic mass is 10.1. The first-order valence-electron chi connectivity index (χ1n) is 8.10. The highest BCUT2D eigenvalue weighted by Gasteiger charge is 2.06. The second kappa shape index (κ2) is 9.93. The van der Waals surface area contributed by atoms with Gasteiger partial charge in [-0.05, 0) is 48.2 Å². The zero-order chi connectivity index (χ0) is 18.1. The number of amides is 2. The van der Waals surface area contributed by atoms with Crippen LogP contribution in [0.5, 0.6) is 11.5 Å². The summed E-state index contributed by atoms with van der Waals surface area (Å²) < 4.78 is 11.6. The van der Waals surface area contributed by atoms with Crippen LogP contribution in [0, 0.1) is 0 Å². The lowest BCUT2D eigenvalue weighted by Crippen LogP contribution is -2.37. The Morgan fingerprint density at radius 3 is 2.28 bits per heavy atom. The van der Waals surface area contributed by atoms with E-state index in [4.69, 9.17) is 9.47 Å². The van der Waals surface area contributed by atoms with Gasteiger partial charge in [0.1, 0.15) is 11.5 Å². The fourth-order valence-corrected chi connectivity index (χ4v) is 2.95. The van der Waals surface area contributed by atoms with E-state index in [2.05, 4.69) is 26.6 Å². The van der Waals surface area contributed by atoms with Crippen LogP contribution >= 0.6 is 15.9 Å². The van der Waals surface area contributed by atoms with Crippen molar-refractivity contribution in [1.29, 1.82) is 0 Å². The number of hydrogen-bond donors (Lipinski definition) is 2. The van der Waals surface area contributed by atoms with E-state index in [-0.39, 0.29) is 6.03 Å². The van der Waals surface area contributed by atoms with E-state index in [0.29, 0.717) is 19.5 Å². The summed E-state index contributed by atoms with van der Waals surface area (Å²) in [6.07, 6.45) is 1.44. The van der Waals surface area contributed by atoms with Crippen LogP contribution in [0.4, 0.5) is 4.79 Å². The van der Waals surface area contributed by atoms with Crippen molar-refractivity contribution in [2.24, 2.45) is 0 Å². The van der Waals surface area contributed by atoms with E-state index >= 15 is 0 Å². The molecular weight excluding hydrogens is 384 g/mol. The number of hydrogen-bond acceptors (Lipinski definition) is 3. The molecule has 0 bridgehead atoms. The van der Waals surface area contributed by atoms with Crippen molar-refractivity contribution in [1.82, 2.24) is 10.6 Å². The fraction of sp³-hybridized carbons (Fsp3) is 0.316. The van der Waals surface area contributed by atoms with Gasteiger partial charge in [-0.25, -0.2) is 4.79 Å². The van der Waals surface area contributed by atoms with Crippen LogP contribution in [-0.4, -0.2) is 33.3 Å². The van der Waals surface area contributed by atoms with E-state index in [9.17, 15) is 4.79 Å². The van der Waals surface area contributed by atoms with Crippen LogP contribution in [0.1, 0.15) is 11.1 Å². The average molecular weight is 407 g/mol. The lowest BCUT2D eigenvalue weighted by Gasteiger charge is -2.12. The zero-order valence-electron chi connectivity index (χ0n) is 14.5. The van der Waals surface area contributed by atoms with Gasteiger partial charge in [0.05, 0.1) is 14.2 Å². The molecule has 0 unspecified atom stereocenters. The quantitative estimate of drug-likeness (QED) is 0.704. The van der Waals surface area contributed by atoms with Crippen molar-refractivity contribution in [3.05, 3.63) is 58.1 Å². The highest BCUT2D eigenvalue weighted by molar-refractivity contribution is 9.10. The smallest absolute Gasteiger partial charge is 0.314 e. The minimum atomic E-state index is -0.172. The van der Waals surface area contributed by atoms with Gasteiger partial charge in [0, 0.05) is 17.6 Å². The predicted molar refractivity (Wildman–Crippen MR) is 102 cm³/mol. The second-order valence-electron chi connectivity index (χ2n) is 5.45. The molecule has 0 heterocycles. The van der Waals surface area contributed by atoms with E-state index in [0.717, 1.165) is 28.0 Å². The Kier molecular flexibility index (Phi) is 7.60. The SMILES string of the molecule is COc1ccc(OC)c(CCNC(=O)NCCc2ccccc2Br)c1. The summed E-state index contributed by atoms with van der Waals surface area (Å²) in [5, 5.41) is 5.73. The standard InChI is InChI=1S/C19H23BrN2O3/c1-24-16-7-8-18(25-2)15(13-16)10-12-22-19(23)21-11-9-14-5-3-4-6-17(14)20/h3-8,13H,9-12H2,1-2H3,(H2,21,22,23). The Bertz CT molecular complexity index is 707. The topological polar surface area (TPSA) is 59.6 Å². The summed E-state index contributed by atoms with van der Waals surface area (Å²) in [6.45, 7) is 1.10. The molecular formula is C19H23BrN2O3. The Balaban J connectivity index is 1.74. The number of urea groups is 1.